The van der Waals surface area contributed by atoms with Crippen molar-refractivity contribution in [2.75, 3.05) is 20.7 Å². The number of aliphatic imine (C=N–C) groups is 1. The van der Waals surface area contributed by atoms with E-state index in [1.807, 2.05) is 13.8 Å². The van der Waals surface area contributed by atoms with Crippen LogP contribution in [0.2, 0.25) is 0 Å². The van der Waals surface area contributed by atoms with Crippen LogP contribution >= 0.6 is 0 Å². The topological polar surface area (TPSA) is 84.6 Å². The van der Waals surface area contributed by atoms with E-state index in [0.717, 1.165) is 0 Å². The fraction of sp³-hybridized carbons (Fsp3) is 0.727. The van der Waals surface area contributed by atoms with Gasteiger partial charge in [0.05, 0.1) is 12.1 Å². The summed E-state index contributed by atoms with van der Waals surface area (Å²) in [7, 11) is 3.38. The fourth-order valence-electron chi connectivity index (χ4n) is 1.16. The third-order valence-corrected chi connectivity index (χ3v) is 2.43. The van der Waals surface area contributed by atoms with Gasteiger partial charge in [0.15, 0.2) is 11.8 Å². The molecule has 18 heavy (non-hydrogen) atoms. The van der Waals surface area contributed by atoms with Crippen molar-refractivity contribution in [1.29, 1.82) is 0 Å². The van der Waals surface area contributed by atoms with Crippen molar-refractivity contribution in [3.8, 4) is 0 Å². The molecule has 0 aliphatic rings. The maximum atomic E-state index is 5.31. The summed E-state index contributed by atoms with van der Waals surface area (Å²) in [5, 5.41) is 9.96. The predicted octanol–water partition coefficient (Wildman–Crippen LogP) is 0.468. The Balaban J connectivity index is 2.39. The smallest absolute Gasteiger partial charge is 0.246 e. The molecule has 0 aromatic carbocycles. The summed E-state index contributed by atoms with van der Waals surface area (Å²) in [6.07, 6.45) is 0. The summed E-state index contributed by atoms with van der Waals surface area (Å²) in [4.78, 5) is 8.19. The molecule has 0 bridgehead atoms. The Morgan fingerprint density at radius 2 is 2.17 bits per heavy atom. The van der Waals surface area contributed by atoms with Crippen LogP contribution in [0.4, 0.5) is 0 Å². The SMILES string of the molecule is CN=C(NCc1nc(C)no1)NCC(C)(C)OC. The molecule has 1 rings (SSSR count). The molecule has 1 aromatic heterocycles. The standard InChI is InChI=1S/C11H21N5O2/c1-8-15-9(18-16-8)6-13-10(12-4)14-7-11(2,3)17-5/h6-7H2,1-5H3,(H2,12,13,14). The van der Waals surface area contributed by atoms with Crippen molar-refractivity contribution in [3.05, 3.63) is 11.7 Å². The number of rotatable bonds is 5. The van der Waals surface area contributed by atoms with Gasteiger partial charge in [-0.15, -0.1) is 0 Å². The van der Waals surface area contributed by atoms with Gasteiger partial charge < -0.3 is 19.9 Å². The van der Waals surface area contributed by atoms with Crippen molar-refractivity contribution < 1.29 is 9.26 Å². The van der Waals surface area contributed by atoms with E-state index in [2.05, 4.69) is 25.8 Å². The number of methoxy groups -OCH3 is 1. The normalized spacial score (nSPS) is 12.6. The average molecular weight is 255 g/mol. The summed E-state index contributed by atoms with van der Waals surface area (Å²) < 4.78 is 10.3. The van der Waals surface area contributed by atoms with Crippen LogP contribution < -0.4 is 10.6 Å². The minimum atomic E-state index is -0.251. The fourth-order valence-corrected chi connectivity index (χ4v) is 1.16. The molecule has 102 valence electrons. The van der Waals surface area contributed by atoms with E-state index >= 15 is 0 Å². The maximum Gasteiger partial charge on any atom is 0.246 e. The van der Waals surface area contributed by atoms with Gasteiger partial charge in [-0.3, -0.25) is 4.99 Å². The molecule has 0 aliphatic heterocycles. The molecule has 0 amide bonds. The number of nitrogens with zero attached hydrogens (tertiary/aromatic N) is 3. The largest absolute Gasteiger partial charge is 0.377 e. The maximum absolute atomic E-state index is 5.31. The molecule has 1 aromatic rings. The zero-order valence-corrected chi connectivity index (χ0v) is 11.6. The first-order valence-corrected chi connectivity index (χ1v) is 5.75. The minimum absolute atomic E-state index is 0.251. The van der Waals surface area contributed by atoms with Crippen LogP contribution in [0, 0.1) is 6.92 Å². The second kappa shape index (κ2) is 6.34. The van der Waals surface area contributed by atoms with Gasteiger partial charge >= 0.3 is 0 Å². The summed E-state index contributed by atoms with van der Waals surface area (Å²) in [6, 6.07) is 0. The lowest BCUT2D eigenvalue weighted by Gasteiger charge is -2.24. The van der Waals surface area contributed by atoms with Crippen LogP contribution in [-0.4, -0.2) is 42.4 Å². The molecule has 0 saturated heterocycles. The molecule has 1 heterocycles. The zero-order chi connectivity index (χ0) is 13.6. The van der Waals surface area contributed by atoms with Crippen molar-refractivity contribution >= 4 is 5.96 Å². The Hall–Kier alpha value is -1.63. The first kappa shape index (κ1) is 14.4. The number of hydrogen-bond acceptors (Lipinski definition) is 5. The van der Waals surface area contributed by atoms with Gasteiger partial charge in [0.25, 0.3) is 0 Å². The third-order valence-electron chi connectivity index (χ3n) is 2.43. The predicted molar refractivity (Wildman–Crippen MR) is 68.3 cm³/mol. The van der Waals surface area contributed by atoms with Crippen LogP contribution in [0.15, 0.2) is 9.52 Å². The molecular weight excluding hydrogens is 234 g/mol. The van der Waals surface area contributed by atoms with Crippen LogP contribution in [0.25, 0.3) is 0 Å². The Morgan fingerprint density at radius 3 is 2.67 bits per heavy atom. The second-order valence-electron chi connectivity index (χ2n) is 4.48. The molecule has 0 unspecified atom stereocenters. The molecule has 7 heteroatoms. The number of ether oxygens (including phenoxy) is 1. The summed E-state index contributed by atoms with van der Waals surface area (Å²) in [6.45, 7) is 6.85. The van der Waals surface area contributed by atoms with Crippen molar-refractivity contribution in [2.24, 2.45) is 4.99 Å². The first-order valence-electron chi connectivity index (χ1n) is 5.75. The number of guanidine groups is 1. The van der Waals surface area contributed by atoms with Gasteiger partial charge in [0.2, 0.25) is 5.89 Å². The van der Waals surface area contributed by atoms with Crippen LogP contribution in [0.3, 0.4) is 0 Å². The van der Waals surface area contributed by atoms with Gasteiger partial charge in [0, 0.05) is 20.7 Å². The number of nitrogens with one attached hydrogen (secondary N) is 2. The second-order valence-corrected chi connectivity index (χ2v) is 4.48. The summed E-state index contributed by atoms with van der Waals surface area (Å²) >= 11 is 0. The van der Waals surface area contributed by atoms with E-state index in [4.69, 9.17) is 9.26 Å². The first-order chi connectivity index (χ1) is 8.46. The van der Waals surface area contributed by atoms with Crippen LogP contribution in [0.1, 0.15) is 25.6 Å². The van der Waals surface area contributed by atoms with E-state index < -0.39 is 0 Å². The van der Waals surface area contributed by atoms with Gasteiger partial charge in [0.1, 0.15) is 0 Å². The van der Waals surface area contributed by atoms with Crippen molar-refractivity contribution in [3.63, 3.8) is 0 Å². The van der Waals surface area contributed by atoms with E-state index in [1.54, 1.807) is 21.1 Å². The Labute approximate surface area is 107 Å². The van der Waals surface area contributed by atoms with E-state index in [9.17, 15) is 0 Å². The average Bonchev–Trinajstić information content (AvgIpc) is 2.75. The Morgan fingerprint density at radius 1 is 1.44 bits per heavy atom. The highest BCUT2D eigenvalue weighted by Gasteiger charge is 2.16. The number of hydrogen-bond donors (Lipinski definition) is 2. The van der Waals surface area contributed by atoms with Gasteiger partial charge in [-0.05, 0) is 20.8 Å². The highest BCUT2D eigenvalue weighted by atomic mass is 16.5. The zero-order valence-electron chi connectivity index (χ0n) is 11.6. The molecule has 0 saturated carbocycles. The van der Waals surface area contributed by atoms with Gasteiger partial charge in [-0.25, -0.2) is 0 Å². The molecule has 0 radical (unpaired) electrons. The highest BCUT2D eigenvalue weighted by Crippen LogP contribution is 2.04. The quantitative estimate of drug-likeness (QED) is 0.587. The van der Waals surface area contributed by atoms with E-state index in [0.29, 0.717) is 30.8 Å². The third kappa shape index (κ3) is 4.70. The lowest BCUT2D eigenvalue weighted by atomic mass is 10.1. The minimum Gasteiger partial charge on any atom is -0.377 e. The molecule has 2 N–H and O–H groups in total. The Kier molecular flexibility index (Phi) is 5.08. The van der Waals surface area contributed by atoms with E-state index in [1.165, 1.54) is 0 Å². The molecule has 0 fully saturated rings. The van der Waals surface area contributed by atoms with E-state index in [-0.39, 0.29) is 5.60 Å². The molecule has 0 spiro atoms. The molecule has 0 aliphatic carbocycles. The highest BCUT2D eigenvalue weighted by molar-refractivity contribution is 5.79. The van der Waals surface area contributed by atoms with Crippen molar-refractivity contribution in [2.45, 2.75) is 32.9 Å². The lowest BCUT2D eigenvalue weighted by Crippen LogP contribution is -2.45. The van der Waals surface area contributed by atoms with Gasteiger partial charge in [-0.2, -0.15) is 4.98 Å². The van der Waals surface area contributed by atoms with Crippen LogP contribution in [-0.2, 0) is 11.3 Å². The monoisotopic (exact) mass is 255 g/mol. The molecule has 0 atom stereocenters. The number of aromatic nitrogens is 2. The Bertz CT molecular complexity index is 400. The van der Waals surface area contributed by atoms with Crippen LogP contribution in [0.5, 0.6) is 0 Å². The summed E-state index contributed by atoms with van der Waals surface area (Å²) in [5.41, 5.74) is -0.251. The molecule has 7 nitrogen and oxygen atoms in total. The summed E-state index contributed by atoms with van der Waals surface area (Å²) in [5.74, 6) is 1.81. The van der Waals surface area contributed by atoms with Gasteiger partial charge in [-0.1, -0.05) is 5.16 Å². The molecular formula is C11H21N5O2. The lowest BCUT2D eigenvalue weighted by molar-refractivity contribution is 0.0268. The van der Waals surface area contributed by atoms with Crippen molar-refractivity contribution in [1.82, 2.24) is 20.8 Å². The number of aryl methyl sites for hydroxylation is 1.